The third kappa shape index (κ3) is 12.3. The Balaban J connectivity index is 0.00000722. The molecule has 0 aliphatic carbocycles. The largest absolute Gasteiger partial charge is 1.00 e. The van der Waals surface area contributed by atoms with Crippen molar-refractivity contribution < 1.29 is 42.0 Å². The lowest BCUT2D eigenvalue weighted by molar-refractivity contribution is -0.368. The maximum absolute atomic E-state index is 13.0. The minimum Gasteiger partial charge on any atom is -1.00 e. The number of hydrogen-bond donors (Lipinski definition) is 3. The topological polar surface area (TPSA) is 121 Å². The van der Waals surface area contributed by atoms with Crippen LogP contribution in [0.4, 0.5) is 4.79 Å². The fourth-order valence-corrected chi connectivity index (χ4v) is 3.83. The Morgan fingerprint density at radius 3 is 2.34 bits per heavy atom. The summed E-state index contributed by atoms with van der Waals surface area (Å²) in [7, 11) is 0. The van der Waals surface area contributed by atoms with Gasteiger partial charge in [0.15, 0.2) is 0 Å². The van der Waals surface area contributed by atoms with Gasteiger partial charge in [-0.3, -0.25) is 9.59 Å². The van der Waals surface area contributed by atoms with Crippen LogP contribution in [0.1, 0.15) is 64.0 Å². The number of rotatable bonds is 14. The van der Waals surface area contributed by atoms with E-state index in [0.717, 1.165) is 47.8 Å². The summed E-state index contributed by atoms with van der Waals surface area (Å²) < 4.78 is 11.3. The average molecular weight is 613 g/mol. The monoisotopic (exact) mass is 611 g/mol. The van der Waals surface area contributed by atoms with E-state index in [1.54, 1.807) is 24.3 Å². The lowest BCUT2D eigenvalue weighted by Crippen LogP contribution is -3.00. The average Bonchev–Trinajstić information content (AvgIpc) is 2.86. The smallest absolute Gasteiger partial charge is 0.514 e. The normalized spacial score (nSPS) is 11.6. The summed E-state index contributed by atoms with van der Waals surface area (Å²) in [6, 6.07) is 13.5. The molecule has 0 unspecified atom stereocenters. The molecule has 2 aromatic carbocycles. The van der Waals surface area contributed by atoms with Crippen LogP contribution in [0, 0.1) is 0 Å². The minimum absolute atomic E-state index is 0. The molecule has 8 nitrogen and oxygen atoms in total. The molecular formula is C28H39BrClN3O5. The molecular weight excluding hydrogens is 574 g/mol. The van der Waals surface area contributed by atoms with E-state index in [1.807, 2.05) is 45.0 Å². The zero-order chi connectivity index (χ0) is 27.3. The molecule has 0 heterocycles. The van der Waals surface area contributed by atoms with Gasteiger partial charge in [-0.25, -0.2) is 4.79 Å². The van der Waals surface area contributed by atoms with Crippen LogP contribution in [0.25, 0.3) is 0 Å². The van der Waals surface area contributed by atoms with Crippen molar-refractivity contribution in [2.75, 3.05) is 6.54 Å². The molecule has 0 aliphatic heterocycles. The molecule has 10 heteroatoms. The molecule has 1 atom stereocenters. The van der Waals surface area contributed by atoms with Gasteiger partial charge in [0.1, 0.15) is 18.4 Å². The molecule has 38 heavy (non-hydrogen) atoms. The summed E-state index contributed by atoms with van der Waals surface area (Å²) in [6.07, 6.45) is 3.30. The molecule has 2 aromatic rings. The van der Waals surface area contributed by atoms with Crippen LogP contribution in [-0.4, -0.2) is 36.1 Å². The van der Waals surface area contributed by atoms with Gasteiger partial charge in [0, 0.05) is 28.4 Å². The fraction of sp³-hybridized carbons (Fsp3) is 0.464. The van der Waals surface area contributed by atoms with Gasteiger partial charge in [-0.15, -0.1) is 0 Å². The lowest BCUT2D eigenvalue weighted by atomic mass is 9.99. The zero-order valence-electron chi connectivity index (χ0n) is 22.4. The number of amides is 2. The highest BCUT2D eigenvalue weighted by Gasteiger charge is 2.26. The fourth-order valence-electron chi connectivity index (χ4n) is 3.43. The molecule has 2 amide bonds. The predicted octanol–water partition coefficient (Wildman–Crippen LogP) is 1.30. The second kappa shape index (κ2) is 17.1. The van der Waals surface area contributed by atoms with Crippen LogP contribution in [0.3, 0.4) is 0 Å². The first-order chi connectivity index (χ1) is 17.6. The maximum Gasteiger partial charge on any atom is 0.514 e. The van der Waals surface area contributed by atoms with Crippen molar-refractivity contribution in [1.82, 2.24) is 10.6 Å². The molecule has 0 aromatic heterocycles. The minimum atomic E-state index is -0.811. The molecule has 5 N–H and O–H groups in total. The number of halogens is 2. The molecule has 2 rings (SSSR count). The Kier molecular flexibility index (Phi) is 15.0. The number of ether oxygens (including phenoxy) is 2. The summed E-state index contributed by atoms with van der Waals surface area (Å²) in [4.78, 5) is 37.7. The highest BCUT2D eigenvalue weighted by molar-refractivity contribution is 9.10. The van der Waals surface area contributed by atoms with Crippen molar-refractivity contribution in [2.45, 2.75) is 77.5 Å². The predicted molar refractivity (Wildman–Crippen MR) is 146 cm³/mol. The molecule has 0 fully saturated rings. The first-order valence-corrected chi connectivity index (χ1v) is 13.5. The third-order valence-corrected chi connectivity index (χ3v) is 6.79. The van der Waals surface area contributed by atoms with Crippen LogP contribution in [0.2, 0.25) is 0 Å². The molecule has 0 bridgehead atoms. The number of quaternary nitrogens is 1. The van der Waals surface area contributed by atoms with Crippen molar-refractivity contribution in [2.24, 2.45) is 0 Å². The SMILES string of the molecule is CCC(C)(C)NC(=O)[C@H](Cc1ccc(OC(=O)OCc2ccccc2Br)cc1)NC(=O)CCCCC[NH3+].[Cl-]. The van der Waals surface area contributed by atoms with E-state index >= 15 is 0 Å². The van der Waals surface area contributed by atoms with Gasteiger partial charge in [0.2, 0.25) is 11.8 Å². The van der Waals surface area contributed by atoms with Crippen molar-refractivity contribution in [1.29, 1.82) is 0 Å². The van der Waals surface area contributed by atoms with E-state index in [2.05, 4.69) is 32.3 Å². The number of unbranched alkanes of at least 4 members (excludes halogenated alkanes) is 2. The van der Waals surface area contributed by atoms with Gasteiger partial charge in [-0.1, -0.05) is 53.2 Å². The third-order valence-electron chi connectivity index (χ3n) is 6.02. The van der Waals surface area contributed by atoms with Crippen molar-refractivity contribution >= 4 is 33.9 Å². The van der Waals surface area contributed by atoms with Crippen molar-refractivity contribution in [3.8, 4) is 5.75 Å². The van der Waals surface area contributed by atoms with Crippen LogP contribution < -0.4 is 33.5 Å². The summed E-state index contributed by atoms with van der Waals surface area (Å²) >= 11 is 3.41. The van der Waals surface area contributed by atoms with Crippen LogP contribution in [0.5, 0.6) is 5.75 Å². The van der Waals surface area contributed by atoms with Gasteiger partial charge < -0.3 is 38.2 Å². The van der Waals surface area contributed by atoms with Crippen molar-refractivity contribution in [3.05, 3.63) is 64.1 Å². The molecule has 0 radical (unpaired) electrons. The first-order valence-electron chi connectivity index (χ1n) is 12.7. The van der Waals surface area contributed by atoms with E-state index in [4.69, 9.17) is 9.47 Å². The number of nitrogens with one attached hydrogen (secondary N) is 2. The Hall–Kier alpha value is -2.62. The van der Waals surface area contributed by atoms with E-state index in [-0.39, 0.29) is 36.4 Å². The molecule has 0 spiro atoms. The Morgan fingerprint density at radius 2 is 1.71 bits per heavy atom. The number of hydrogen-bond acceptors (Lipinski definition) is 5. The first kappa shape index (κ1) is 33.4. The highest BCUT2D eigenvalue weighted by atomic mass is 79.9. The molecule has 0 aliphatic rings. The van der Waals surface area contributed by atoms with Crippen LogP contribution in [0.15, 0.2) is 53.0 Å². The van der Waals surface area contributed by atoms with Gasteiger partial charge in [-0.2, -0.15) is 0 Å². The lowest BCUT2D eigenvalue weighted by Gasteiger charge is -2.28. The molecule has 0 saturated carbocycles. The number of carbonyl (C=O) groups excluding carboxylic acids is 3. The van der Waals surface area contributed by atoms with Gasteiger partial charge >= 0.3 is 6.16 Å². The summed E-state index contributed by atoms with van der Waals surface area (Å²) in [5, 5.41) is 5.92. The maximum atomic E-state index is 13.0. The standard InChI is InChI=1S/C28H38BrN3O5.ClH/c1-4-28(2,3)32-26(34)24(31-25(33)12-6-5-9-17-30)18-20-13-15-22(16-14-20)37-27(35)36-19-21-10-7-8-11-23(21)29;/h7-8,10-11,13-16,24H,4-6,9,12,17-19,30H2,1-3H3,(H,31,33)(H,32,34);1H/t24-;/m0./s1. The van der Waals surface area contributed by atoms with Gasteiger partial charge in [-0.05, 0) is 63.3 Å². The van der Waals surface area contributed by atoms with Gasteiger partial charge in [0.25, 0.3) is 0 Å². The van der Waals surface area contributed by atoms with E-state index in [0.29, 0.717) is 18.6 Å². The van der Waals surface area contributed by atoms with Crippen molar-refractivity contribution in [3.63, 3.8) is 0 Å². The van der Waals surface area contributed by atoms with Crippen LogP contribution >= 0.6 is 15.9 Å². The Morgan fingerprint density at radius 1 is 1.03 bits per heavy atom. The molecule has 0 saturated heterocycles. The quantitative estimate of drug-likeness (QED) is 0.169. The Bertz CT molecular complexity index is 1030. The second-order valence-corrected chi connectivity index (χ2v) is 10.4. The van der Waals surface area contributed by atoms with E-state index in [1.165, 1.54) is 0 Å². The highest BCUT2D eigenvalue weighted by Crippen LogP contribution is 2.18. The molecule has 210 valence electrons. The second-order valence-electron chi connectivity index (χ2n) is 9.59. The number of carbonyl (C=O) groups is 3. The van der Waals surface area contributed by atoms with Crippen LogP contribution in [-0.2, 0) is 27.4 Å². The van der Waals surface area contributed by atoms with E-state index < -0.39 is 12.2 Å². The Labute approximate surface area is 239 Å². The summed E-state index contributed by atoms with van der Waals surface area (Å²) in [5.74, 6) is -0.0522. The van der Waals surface area contributed by atoms with E-state index in [9.17, 15) is 14.4 Å². The summed E-state index contributed by atoms with van der Waals surface area (Å²) in [5.41, 5.74) is 5.08. The summed E-state index contributed by atoms with van der Waals surface area (Å²) in [6.45, 7) is 6.83. The number of benzene rings is 2. The zero-order valence-corrected chi connectivity index (χ0v) is 24.7. The van der Waals surface area contributed by atoms with Gasteiger partial charge in [0.05, 0.1) is 6.54 Å².